The minimum absolute atomic E-state index is 0.00535. The number of rotatable bonds is 4. The molecule has 0 aliphatic heterocycles. The summed E-state index contributed by atoms with van der Waals surface area (Å²) in [5, 5.41) is 17.9. The maximum Gasteiger partial charge on any atom is 0.252 e. The number of hydrogen-bond donors (Lipinski definition) is 4. The predicted molar refractivity (Wildman–Crippen MR) is 110 cm³/mol. The highest BCUT2D eigenvalue weighted by Crippen LogP contribution is 2.29. The zero-order valence-electron chi connectivity index (χ0n) is 13.6. The molecular formula is C17H16Cl3N3O2S. The van der Waals surface area contributed by atoms with Crippen LogP contribution in [0.1, 0.15) is 15.9 Å². The van der Waals surface area contributed by atoms with E-state index < -0.39 is 15.9 Å². The van der Waals surface area contributed by atoms with Crippen LogP contribution in [0.15, 0.2) is 48.5 Å². The zero-order chi connectivity index (χ0) is 19.3. The Labute approximate surface area is 171 Å². The van der Waals surface area contributed by atoms with E-state index in [9.17, 15) is 9.90 Å². The fraction of sp³-hybridized carbons (Fsp3) is 0.176. The van der Waals surface area contributed by atoms with E-state index in [0.717, 1.165) is 5.56 Å². The van der Waals surface area contributed by atoms with Crippen LogP contribution in [0.2, 0.25) is 0 Å². The molecule has 0 saturated heterocycles. The number of amides is 1. The Bertz CT molecular complexity index is 795. The lowest BCUT2D eigenvalue weighted by Crippen LogP contribution is -2.56. The van der Waals surface area contributed by atoms with E-state index in [1.54, 1.807) is 42.5 Å². The molecule has 0 spiro atoms. The highest BCUT2D eigenvalue weighted by Gasteiger charge is 2.35. The second-order valence-electron chi connectivity index (χ2n) is 5.43. The van der Waals surface area contributed by atoms with E-state index in [0.29, 0.717) is 11.3 Å². The van der Waals surface area contributed by atoms with Gasteiger partial charge in [0.05, 0.1) is 5.69 Å². The van der Waals surface area contributed by atoms with Crippen molar-refractivity contribution in [3.63, 3.8) is 0 Å². The van der Waals surface area contributed by atoms with Gasteiger partial charge in [0.15, 0.2) is 5.11 Å². The SMILES string of the molecule is Cc1ccc(C(=O)N[C@H](NC(=S)Nc2ccccc2O)C(Cl)(Cl)Cl)cc1. The number of para-hydroxylation sites is 2. The quantitative estimate of drug-likeness (QED) is 0.253. The van der Waals surface area contributed by atoms with Gasteiger partial charge in [-0.1, -0.05) is 64.6 Å². The number of carbonyl (C=O) groups is 1. The molecule has 138 valence electrons. The Morgan fingerprint density at radius 1 is 1.08 bits per heavy atom. The number of anilines is 1. The van der Waals surface area contributed by atoms with Crippen molar-refractivity contribution < 1.29 is 9.90 Å². The van der Waals surface area contributed by atoms with Crippen molar-refractivity contribution in [2.75, 3.05) is 5.32 Å². The summed E-state index contributed by atoms with van der Waals surface area (Å²) in [6.45, 7) is 1.91. The molecule has 26 heavy (non-hydrogen) atoms. The van der Waals surface area contributed by atoms with Gasteiger partial charge in [-0.05, 0) is 43.4 Å². The van der Waals surface area contributed by atoms with E-state index in [4.69, 9.17) is 47.0 Å². The summed E-state index contributed by atoms with van der Waals surface area (Å²) in [6, 6.07) is 13.4. The number of hydrogen-bond acceptors (Lipinski definition) is 3. The highest BCUT2D eigenvalue weighted by molar-refractivity contribution is 7.80. The Balaban J connectivity index is 2.07. The van der Waals surface area contributed by atoms with Gasteiger partial charge in [0.1, 0.15) is 11.9 Å². The van der Waals surface area contributed by atoms with Gasteiger partial charge in [0.25, 0.3) is 5.91 Å². The van der Waals surface area contributed by atoms with Crippen molar-refractivity contribution in [2.45, 2.75) is 16.9 Å². The zero-order valence-corrected chi connectivity index (χ0v) is 16.7. The minimum Gasteiger partial charge on any atom is -0.506 e. The minimum atomic E-state index is -1.87. The Morgan fingerprint density at radius 2 is 1.69 bits per heavy atom. The Kier molecular flexibility index (Phi) is 6.94. The maximum absolute atomic E-state index is 12.4. The number of thiocarbonyl (C=S) groups is 1. The van der Waals surface area contributed by atoms with Crippen molar-refractivity contribution in [3.8, 4) is 5.75 Å². The van der Waals surface area contributed by atoms with E-state index in [1.807, 2.05) is 6.92 Å². The van der Waals surface area contributed by atoms with Crippen LogP contribution in [0.5, 0.6) is 5.75 Å². The van der Waals surface area contributed by atoms with Gasteiger partial charge in [0.2, 0.25) is 3.79 Å². The summed E-state index contributed by atoms with van der Waals surface area (Å²) in [6.07, 6.45) is -1.10. The lowest BCUT2D eigenvalue weighted by molar-refractivity contribution is 0.0934. The van der Waals surface area contributed by atoms with Gasteiger partial charge >= 0.3 is 0 Å². The van der Waals surface area contributed by atoms with Crippen LogP contribution in [-0.4, -0.2) is 26.1 Å². The summed E-state index contributed by atoms with van der Waals surface area (Å²) in [5.74, 6) is -0.426. The van der Waals surface area contributed by atoms with Crippen LogP contribution in [0.25, 0.3) is 0 Å². The molecule has 2 rings (SSSR count). The summed E-state index contributed by atoms with van der Waals surface area (Å²) >= 11 is 23.0. The first-order valence-corrected chi connectivity index (χ1v) is 9.01. The molecule has 2 aromatic carbocycles. The lowest BCUT2D eigenvalue weighted by Gasteiger charge is -2.28. The molecule has 0 bridgehead atoms. The molecule has 0 unspecified atom stereocenters. The Morgan fingerprint density at radius 3 is 2.27 bits per heavy atom. The number of halogens is 3. The summed E-state index contributed by atoms with van der Waals surface area (Å²) in [5.41, 5.74) is 1.81. The van der Waals surface area contributed by atoms with Gasteiger partial charge in [-0.25, -0.2) is 0 Å². The van der Waals surface area contributed by atoms with Crippen LogP contribution in [0.3, 0.4) is 0 Å². The molecule has 5 nitrogen and oxygen atoms in total. The first-order chi connectivity index (χ1) is 12.2. The number of phenolic OH excluding ortho intramolecular Hbond substituents is 1. The standard InChI is InChI=1S/C17H16Cl3N3O2S/c1-10-6-8-11(9-7-10)14(25)22-15(17(18,19)20)23-16(26)21-12-4-2-3-5-13(12)24/h2-9,15,24H,1H3,(H,22,25)(H2,21,23,26)/t15-/m1/s1. The van der Waals surface area contributed by atoms with E-state index in [2.05, 4.69) is 16.0 Å². The van der Waals surface area contributed by atoms with E-state index >= 15 is 0 Å². The molecular weight excluding hydrogens is 417 g/mol. The predicted octanol–water partition coefficient (Wildman–Crippen LogP) is 4.11. The molecule has 0 aliphatic carbocycles. The molecule has 9 heteroatoms. The third kappa shape index (κ3) is 5.92. The first-order valence-electron chi connectivity index (χ1n) is 7.46. The number of alkyl halides is 3. The summed E-state index contributed by atoms with van der Waals surface area (Å²) in [7, 11) is 0. The molecule has 0 heterocycles. The maximum atomic E-state index is 12.4. The van der Waals surface area contributed by atoms with Crippen molar-refractivity contribution in [2.24, 2.45) is 0 Å². The summed E-state index contributed by atoms with van der Waals surface area (Å²) < 4.78 is -1.87. The number of benzene rings is 2. The molecule has 0 radical (unpaired) electrons. The molecule has 0 fully saturated rings. The fourth-order valence-corrected chi connectivity index (χ4v) is 2.54. The molecule has 0 aromatic heterocycles. The topological polar surface area (TPSA) is 73.4 Å². The monoisotopic (exact) mass is 431 g/mol. The Hall–Kier alpha value is -1.73. The van der Waals surface area contributed by atoms with Crippen molar-refractivity contribution >= 4 is 63.7 Å². The third-order valence-corrected chi connectivity index (χ3v) is 4.22. The largest absolute Gasteiger partial charge is 0.506 e. The van der Waals surface area contributed by atoms with Gasteiger partial charge in [-0.15, -0.1) is 0 Å². The molecule has 1 atom stereocenters. The van der Waals surface area contributed by atoms with Crippen molar-refractivity contribution in [3.05, 3.63) is 59.7 Å². The van der Waals surface area contributed by atoms with Crippen LogP contribution in [-0.2, 0) is 0 Å². The van der Waals surface area contributed by atoms with Crippen molar-refractivity contribution in [1.29, 1.82) is 0 Å². The highest BCUT2D eigenvalue weighted by atomic mass is 35.6. The number of carbonyl (C=O) groups excluding carboxylic acids is 1. The van der Waals surface area contributed by atoms with Crippen LogP contribution in [0.4, 0.5) is 5.69 Å². The van der Waals surface area contributed by atoms with Gasteiger partial charge in [0, 0.05) is 5.56 Å². The van der Waals surface area contributed by atoms with Gasteiger partial charge < -0.3 is 21.1 Å². The molecule has 0 saturated carbocycles. The van der Waals surface area contributed by atoms with E-state index in [1.165, 1.54) is 6.07 Å². The normalized spacial score (nSPS) is 12.2. The molecule has 4 N–H and O–H groups in total. The molecule has 0 aliphatic rings. The van der Waals surface area contributed by atoms with E-state index in [-0.39, 0.29) is 10.9 Å². The van der Waals surface area contributed by atoms with Crippen LogP contribution in [0, 0.1) is 6.92 Å². The smallest absolute Gasteiger partial charge is 0.252 e. The van der Waals surface area contributed by atoms with Crippen LogP contribution < -0.4 is 16.0 Å². The van der Waals surface area contributed by atoms with Crippen molar-refractivity contribution in [1.82, 2.24) is 10.6 Å². The summed E-state index contributed by atoms with van der Waals surface area (Å²) in [4.78, 5) is 12.4. The number of aromatic hydroxyl groups is 1. The van der Waals surface area contributed by atoms with Gasteiger partial charge in [-0.3, -0.25) is 4.79 Å². The third-order valence-electron chi connectivity index (χ3n) is 3.34. The number of nitrogens with one attached hydrogen (secondary N) is 3. The average Bonchev–Trinajstić information content (AvgIpc) is 2.56. The number of aryl methyl sites for hydroxylation is 1. The second kappa shape index (κ2) is 8.77. The fourth-order valence-electron chi connectivity index (χ4n) is 1.99. The average molecular weight is 433 g/mol. The second-order valence-corrected chi connectivity index (χ2v) is 8.21. The van der Waals surface area contributed by atoms with Crippen LogP contribution >= 0.6 is 47.0 Å². The lowest BCUT2D eigenvalue weighted by atomic mass is 10.1. The first kappa shape index (κ1) is 20.6. The molecule has 1 amide bonds. The number of phenols is 1. The molecule has 2 aromatic rings. The van der Waals surface area contributed by atoms with Gasteiger partial charge in [-0.2, -0.15) is 0 Å².